The molecule has 2 aliphatic rings. The van der Waals surface area contributed by atoms with Crippen LogP contribution in [-0.4, -0.2) is 44.7 Å². The number of hydrogen-bond donors (Lipinski definition) is 1. The molecule has 0 unspecified atom stereocenters. The van der Waals surface area contributed by atoms with Gasteiger partial charge in [0.25, 0.3) is 11.6 Å². The van der Waals surface area contributed by atoms with E-state index < -0.39 is 5.97 Å². The van der Waals surface area contributed by atoms with Crippen LogP contribution in [0.5, 0.6) is 0 Å². The lowest BCUT2D eigenvalue weighted by Gasteiger charge is -2.16. The number of rotatable bonds is 3. The minimum absolute atomic E-state index is 0.140. The molecule has 0 saturated carbocycles. The summed E-state index contributed by atoms with van der Waals surface area (Å²) in [5.74, 6) is -1.41. The van der Waals surface area contributed by atoms with Gasteiger partial charge in [-0.2, -0.15) is 0 Å². The van der Waals surface area contributed by atoms with E-state index in [2.05, 4.69) is 4.85 Å². The van der Waals surface area contributed by atoms with Crippen molar-refractivity contribution < 1.29 is 14.7 Å². The summed E-state index contributed by atoms with van der Waals surface area (Å²) in [4.78, 5) is 31.0. The molecule has 0 radical (unpaired) electrons. The number of aliphatic carboxylic acids is 1. The lowest BCUT2D eigenvalue weighted by Crippen LogP contribution is -2.28. The van der Waals surface area contributed by atoms with E-state index in [1.807, 2.05) is 18.7 Å². The maximum absolute atomic E-state index is 12.4. The molecule has 23 heavy (non-hydrogen) atoms. The number of carboxylic acids is 1. The number of carbonyl (C=O) groups is 2. The summed E-state index contributed by atoms with van der Waals surface area (Å²) >= 11 is 7.73. The van der Waals surface area contributed by atoms with Gasteiger partial charge in [0.2, 0.25) is 0 Å². The third-order valence-corrected chi connectivity index (χ3v) is 6.21. The van der Waals surface area contributed by atoms with Gasteiger partial charge in [-0.1, -0.05) is 35.7 Å². The lowest BCUT2D eigenvalue weighted by molar-refractivity contribution is -0.132. The van der Waals surface area contributed by atoms with Crippen LogP contribution >= 0.6 is 35.7 Å². The van der Waals surface area contributed by atoms with Crippen LogP contribution < -0.4 is 0 Å². The Morgan fingerprint density at radius 2 is 2.13 bits per heavy atom. The second-order valence-corrected chi connectivity index (χ2v) is 7.28. The standard InChI is InChI=1S/C14H13N3O3S3/c1-5-17-11(18)10(23-14(17)21)12-16(4)7(2)9(22-12)6-8(15-3)13(19)20/h6H,5H2,1-2,4H3,(H,19,20)/b8-6-,12-10+. The van der Waals surface area contributed by atoms with Gasteiger partial charge in [0.15, 0.2) is 0 Å². The Labute approximate surface area is 147 Å². The molecule has 120 valence electrons. The minimum Gasteiger partial charge on any atom is -0.486 e. The Bertz CT molecular complexity index is 746. The van der Waals surface area contributed by atoms with Crippen molar-refractivity contribution in [3.8, 4) is 0 Å². The van der Waals surface area contributed by atoms with Gasteiger partial charge in [-0.3, -0.25) is 14.5 Å². The summed E-state index contributed by atoms with van der Waals surface area (Å²) in [6, 6.07) is 0. The molecule has 0 aromatic heterocycles. The van der Waals surface area contributed by atoms with E-state index in [9.17, 15) is 9.59 Å². The van der Waals surface area contributed by atoms with Crippen molar-refractivity contribution in [1.29, 1.82) is 0 Å². The Kier molecular flexibility index (Phi) is 5.19. The molecule has 0 atom stereocenters. The number of thioether (sulfide) groups is 2. The van der Waals surface area contributed by atoms with Crippen LogP contribution in [-0.2, 0) is 9.59 Å². The summed E-state index contributed by atoms with van der Waals surface area (Å²) in [5.41, 5.74) is 0.428. The molecule has 2 aliphatic heterocycles. The van der Waals surface area contributed by atoms with Crippen LogP contribution in [0.25, 0.3) is 4.85 Å². The molecule has 0 aromatic carbocycles. The van der Waals surface area contributed by atoms with E-state index in [0.717, 1.165) is 5.70 Å². The van der Waals surface area contributed by atoms with Crippen molar-refractivity contribution in [1.82, 2.24) is 9.80 Å². The topological polar surface area (TPSA) is 65.2 Å². The largest absolute Gasteiger partial charge is 0.486 e. The van der Waals surface area contributed by atoms with Crippen LogP contribution in [0.2, 0.25) is 0 Å². The first-order chi connectivity index (χ1) is 10.8. The van der Waals surface area contributed by atoms with E-state index >= 15 is 0 Å². The highest BCUT2D eigenvalue weighted by Crippen LogP contribution is 2.47. The number of nitrogens with zero attached hydrogens (tertiary/aromatic N) is 3. The molecule has 0 spiro atoms. The fourth-order valence-corrected chi connectivity index (χ4v) is 4.71. The predicted molar refractivity (Wildman–Crippen MR) is 95.0 cm³/mol. The summed E-state index contributed by atoms with van der Waals surface area (Å²) in [6.07, 6.45) is 1.33. The molecule has 1 saturated heterocycles. The summed E-state index contributed by atoms with van der Waals surface area (Å²) < 4.78 is 0.517. The highest BCUT2D eigenvalue weighted by atomic mass is 32.2. The molecule has 0 aromatic rings. The third kappa shape index (κ3) is 3.15. The van der Waals surface area contributed by atoms with E-state index in [4.69, 9.17) is 23.9 Å². The number of amides is 1. The molecule has 0 bridgehead atoms. The van der Waals surface area contributed by atoms with Gasteiger partial charge in [0, 0.05) is 24.2 Å². The first-order valence-electron chi connectivity index (χ1n) is 6.54. The average Bonchev–Trinajstić information content (AvgIpc) is 2.94. The van der Waals surface area contributed by atoms with Gasteiger partial charge in [0.1, 0.15) is 9.23 Å². The van der Waals surface area contributed by atoms with Crippen LogP contribution in [0.4, 0.5) is 0 Å². The zero-order valence-corrected chi connectivity index (χ0v) is 15.1. The van der Waals surface area contributed by atoms with Crippen LogP contribution in [0, 0.1) is 6.57 Å². The number of allylic oxidation sites excluding steroid dienone is 2. The van der Waals surface area contributed by atoms with E-state index in [-0.39, 0.29) is 11.6 Å². The monoisotopic (exact) mass is 367 g/mol. The fourth-order valence-electron chi connectivity index (χ4n) is 1.96. The van der Waals surface area contributed by atoms with Crippen molar-refractivity contribution in [3.05, 3.63) is 43.7 Å². The smallest absolute Gasteiger partial charge is 0.333 e. The van der Waals surface area contributed by atoms with Gasteiger partial charge in [-0.25, -0.2) is 4.85 Å². The molecular weight excluding hydrogens is 354 g/mol. The Morgan fingerprint density at radius 3 is 2.61 bits per heavy atom. The molecule has 2 heterocycles. The highest BCUT2D eigenvalue weighted by molar-refractivity contribution is 8.27. The van der Waals surface area contributed by atoms with Crippen molar-refractivity contribution >= 4 is 51.9 Å². The third-order valence-electron chi connectivity index (χ3n) is 3.34. The quantitative estimate of drug-likeness (QED) is 0.467. The van der Waals surface area contributed by atoms with Crippen molar-refractivity contribution in [2.75, 3.05) is 13.6 Å². The Balaban J connectivity index is 2.41. The maximum atomic E-state index is 12.4. The number of thiocarbonyl (C=S) groups is 1. The Morgan fingerprint density at radius 1 is 1.48 bits per heavy atom. The van der Waals surface area contributed by atoms with Crippen molar-refractivity contribution in [2.45, 2.75) is 13.8 Å². The first kappa shape index (κ1) is 17.6. The molecule has 1 amide bonds. The number of carbonyl (C=O) groups excluding carboxylic acids is 1. The molecular formula is C14H13N3O3S3. The van der Waals surface area contributed by atoms with E-state index in [0.29, 0.717) is 25.7 Å². The lowest BCUT2D eigenvalue weighted by atomic mass is 10.3. The fraction of sp³-hybridized carbons (Fsp3) is 0.286. The second-order valence-electron chi connectivity index (χ2n) is 4.61. The van der Waals surface area contributed by atoms with Crippen molar-refractivity contribution in [3.63, 3.8) is 0 Å². The molecule has 6 nitrogen and oxygen atoms in total. The number of carboxylic acid groups (broad SMARTS) is 1. The van der Waals surface area contributed by atoms with Crippen LogP contribution in [0.15, 0.2) is 32.3 Å². The van der Waals surface area contributed by atoms with Gasteiger partial charge in [0.05, 0.1) is 11.6 Å². The van der Waals surface area contributed by atoms with Gasteiger partial charge in [-0.05, 0) is 19.9 Å². The molecule has 2 rings (SSSR count). The maximum Gasteiger partial charge on any atom is 0.333 e. The normalized spacial score (nSPS) is 22.3. The zero-order valence-electron chi connectivity index (χ0n) is 12.6. The van der Waals surface area contributed by atoms with Gasteiger partial charge >= 0.3 is 5.97 Å². The molecule has 1 N–H and O–H groups in total. The first-order valence-corrected chi connectivity index (χ1v) is 8.58. The predicted octanol–water partition coefficient (Wildman–Crippen LogP) is 2.83. The summed E-state index contributed by atoms with van der Waals surface area (Å²) in [6.45, 7) is 11.1. The molecule has 0 aliphatic carbocycles. The molecule has 1 fully saturated rings. The second kappa shape index (κ2) is 6.78. The number of hydrogen-bond acceptors (Lipinski definition) is 6. The van der Waals surface area contributed by atoms with Crippen LogP contribution in [0.3, 0.4) is 0 Å². The summed E-state index contributed by atoms with van der Waals surface area (Å²) in [5, 5.41) is 9.69. The van der Waals surface area contributed by atoms with E-state index in [1.165, 1.54) is 34.5 Å². The van der Waals surface area contributed by atoms with Crippen molar-refractivity contribution in [2.24, 2.45) is 0 Å². The number of likely N-dealkylation sites (N-methyl/N-ethyl adjacent to an activating group) is 1. The average molecular weight is 367 g/mol. The minimum atomic E-state index is -1.27. The Hall–Kier alpha value is -1.76. The SMILES string of the molecule is [C-]#[N+]/C(=C\C1=C(C)N(C)/C(=C2\SC(=S)N(CC)C2=O)S1)C(=O)O. The van der Waals surface area contributed by atoms with Crippen LogP contribution in [0.1, 0.15) is 13.8 Å². The zero-order chi connectivity index (χ0) is 17.3. The highest BCUT2D eigenvalue weighted by Gasteiger charge is 2.37. The molecule has 9 heteroatoms. The summed E-state index contributed by atoms with van der Waals surface area (Å²) in [7, 11) is 1.80. The van der Waals surface area contributed by atoms with Gasteiger partial charge in [-0.15, -0.1) is 0 Å². The van der Waals surface area contributed by atoms with Gasteiger partial charge < -0.3 is 10.0 Å². The van der Waals surface area contributed by atoms with E-state index in [1.54, 1.807) is 7.05 Å².